The SMILES string of the molecule is Cc1cc(-c2cc(O)c(Sc3cccc(C(=O)O)c3)oc2=O)ccc1OCc1ccccc1. The number of hydrogen-bond donors (Lipinski definition) is 2. The summed E-state index contributed by atoms with van der Waals surface area (Å²) in [7, 11) is 0. The third-order valence-corrected chi connectivity index (χ3v) is 5.88. The van der Waals surface area contributed by atoms with Crippen molar-refractivity contribution >= 4 is 17.7 Å². The molecule has 7 heteroatoms. The Bertz CT molecular complexity index is 1360. The fraction of sp³-hybridized carbons (Fsp3) is 0.0769. The molecule has 0 aliphatic carbocycles. The van der Waals surface area contributed by atoms with E-state index >= 15 is 0 Å². The molecule has 0 atom stereocenters. The van der Waals surface area contributed by atoms with Crippen molar-refractivity contribution in [3.8, 4) is 22.6 Å². The van der Waals surface area contributed by atoms with Crippen molar-refractivity contribution in [2.45, 2.75) is 23.5 Å². The zero-order chi connectivity index (χ0) is 23.4. The summed E-state index contributed by atoms with van der Waals surface area (Å²) in [6.07, 6.45) is 0. The lowest BCUT2D eigenvalue weighted by Gasteiger charge is -2.11. The van der Waals surface area contributed by atoms with Crippen molar-refractivity contribution in [3.05, 3.63) is 106 Å². The average molecular weight is 461 g/mol. The van der Waals surface area contributed by atoms with Crippen LogP contribution in [0.25, 0.3) is 11.1 Å². The first-order valence-corrected chi connectivity index (χ1v) is 10.9. The van der Waals surface area contributed by atoms with E-state index in [4.69, 9.17) is 14.3 Å². The number of aryl methyl sites for hydroxylation is 1. The zero-order valence-electron chi connectivity index (χ0n) is 17.6. The molecule has 0 aliphatic heterocycles. The number of benzene rings is 3. The van der Waals surface area contributed by atoms with Gasteiger partial charge in [-0.05, 0) is 71.8 Å². The van der Waals surface area contributed by atoms with Crippen LogP contribution in [0, 0.1) is 6.92 Å². The lowest BCUT2D eigenvalue weighted by Crippen LogP contribution is -2.04. The highest BCUT2D eigenvalue weighted by atomic mass is 32.2. The maximum absolute atomic E-state index is 12.6. The van der Waals surface area contributed by atoms with Gasteiger partial charge in [-0.2, -0.15) is 0 Å². The Hall–Kier alpha value is -3.97. The zero-order valence-corrected chi connectivity index (χ0v) is 18.5. The Kier molecular flexibility index (Phi) is 6.51. The molecule has 1 aromatic heterocycles. The van der Waals surface area contributed by atoms with Crippen molar-refractivity contribution in [2.24, 2.45) is 0 Å². The molecular formula is C26H20O6S. The highest BCUT2D eigenvalue weighted by molar-refractivity contribution is 7.99. The van der Waals surface area contributed by atoms with Crippen LogP contribution in [0.5, 0.6) is 11.5 Å². The van der Waals surface area contributed by atoms with Crippen molar-refractivity contribution < 1.29 is 24.2 Å². The number of rotatable bonds is 7. The second-order valence-corrected chi connectivity index (χ2v) is 8.36. The number of hydrogen-bond acceptors (Lipinski definition) is 6. The van der Waals surface area contributed by atoms with Crippen LogP contribution in [-0.4, -0.2) is 16.2 Å². The fourth-order valence-corrected chi connectivity index (χ4v) is 4.06. The van der Waals surface area contributed by atoms with Gasteiger partial charge >= 0.3 is 11.6 Å². The molecule has 0 fully saturated rings. The number of carbonyl (C=O) groups is 1. The molecule has 0 aliphatic rings. The number of ether oxygens (including phenoxy) is 1. The largest absolute Gasteiger partial charge is 0.504 e. The molecule has 1 heterocycles. The van der Waals surface area contributed by atoms with Gasteiger partial charge in [0.15, 0.2) is 5.75 Å². The quantitative estimate of drug-likeness (QED) is 0.362. The van der Waals surface area contributed by atoms with Crippen LogP contribution in [-0.2, 0) is 6.61 Å². The smallest absolute Gasteiger partial charge is 0.344 e. The van der Waals surface area contributed by atoms with Crippen LogP contribution in [0.15, 0.2) is 98.1 Å². The van der Waals surface area contributed by atoms with Crippen molar-refractivity contribution in [3.63, 3.8) is 0 Å². The summed E-state index contributed by atoms with van der Waals surface area (Å²) in [5, 5.41) is 19.6. The lowest BCUT2D eigenvalue weighted by molar-refractivity contribution is 0.0696. The first-order chi connectivity index (χ1) is 15.9. The maximum atomic E-state index is 12.6. The molecule has 0 bridgehead atoms. The first kappa shape index (κ1) is 22.2. The molecule has 0 unspecified atom stereocenters. The van der Waals surface area contributed by atoms with Gasteiger partial charge in [0.1, 0.15) is 12.4 Å². The number of carboxylic acids is 1. The van der Waals surface area contributed by atoms with E-state index in [1.807, 2.05) is 37.3 Å². The second-order valence-electron chi connectivity index (χ2n) is 7.31. The summed E-state index contributed by atoms with van der Waals surface area (Å²) < 4.78 is 11.2. The first-order valence-electron chi connectivity index (χ1n) is 10.1. The molecule has 6 nitrogen and oxygen atoms in total. The number of aromatic hydroxyl groups is 1. The van der Waals surface area contributed by atoms with Gasteiger partial charge in [0.05, 0.1) is 11.1 Å². The minimum Gasteiger partial charge on any atom is -0.504 e. The normalized spacial score (nSPS) is 10.7. The molecule has 0 radical (unpaired) electrons. The van der Waals surface area contributed by atoms with Crippen molar-refractivity contribution in [1.82, 2.24) is 0 Å². The standard InChI is InChI=1S/C26H20O6S/c1-16-12-18(10-11-23(16)31-15-17-6-3-2-4-7-17)21-14-22(27)26(32-25(21)30)33-20-9-5-8-19(13-20)24(28)29/h2-14,27H,15H2,1H3,(H,28,29). The van der Waals surface area contributed by atoms with E-state index < -0.39 is 11.6 Å². The topological polar surface area (TPSA) is 97.0 Å². The van der Waals surface area contributed by atoms with E-state index in [0.717, 1.165) is 22.9 Å². The van der Waals surface area contributed by atoms with Gasteiger partial charge in [0, 0.05) is 4.90 Å². The Balaban J connectivity index is 1.55. The molecule has 0 amide bonds. The molecule has 0 spiro atoms. The summed E-state index contributed by atoms with van der Waals surface area (Å²) in [4.78, 5) is 24.3. The van der Waals surface area contributed by atoms with E-state index in [9.17, 15) is 14.7 Å². The lowest BCUT2D eigenvalue weighted by atomic mass is 10.0. The van der Waals surface area contributed by atoms with Gasteiger partial charge in [0.2, 0.25) is 5.09 Å². The molecule has 2 N–H and O–H groups in total. The molecule has 0 saturated carbocycles. The third-order valence-electron chi connectivity index (χ3n) is 4.91. The summed E-state index contributed by atoms with van der Waals surface area (Å²) >= 11 is 0.974. The van der Waals surface area contributed by atoms with E-state index in [1.165, 1.54) is 18.2 Å². The second kappa shape index (κ2) is 9.67. The summed E-state index contributed by atoms with van der Waals surface area (Å²) in [6, 6.07) is 22.6. The summed E-state index contributed by atoms with van der Waals surface area (Å²) in [6.45, 7) is 2.31. The molecule has 166 valence electrons. The van der Waals surface area contributed by atoms with Crippen molar-refractivity contribution in [1.29, 1.82) is 0 Å². The molecule has 33 heavy (non-hydrogen) atoms. The number of carboxylic acid groups (broad SMARTS) is 1. The maximum Gasteiger partial charge on any atom is 0.344 e. The van der Waals surface area contributed by atoms with Gasteiger partial charge in [-0.3, -0.25) is 0 Å². The third kappa shape index (κ3) is 5.27. The van der Waals surface area contributed by atoms with Gasteiger partial charge in [-0.15, -0.1) is 0 Å². The number of aromatic carboxylic acids is 1. The van der Waals surface area contributed by atoms with Crippen LogP contribution in [0.1, 0.15) is 21.5 Å². The van der Waals surface area contributed by atoms with Gasteiger partial charge in [0.25, 0.3) is 0 Å². The highest BCUT2D eigenvalue weighted by Gasteiger charge is 2.15. The molecule has 0 saturated heterocycles. The van der Waals surface area contributed by atoms with Crippen molar-refractivity contribution in [2.75, 3.05) is 0 Å². The van der Waals surface area contributed by atoms with Crippen LogP contribution in [0.4, 0.5) is 0 Å². The van der Waals surface area contributed by atoms with E-state index in [2.05, 4.69) is 0 Å². The Morgan fingerprint density at radius 2 is 1.79 bits per heavy atom. The van der Waals surface area contributed by atoms with Crippen LogP contribution < -0.4 is 10.4 Å². The fourth-order valence-electron chi connectivity index (χ4n) is 3.23. The molecular weight excluding hydrogens is 440 g/mol. The molecule has 4 aromatic rings. The monoisotopic (exact) mass is 460 g/mol. The molecule has 4 rings (SSSR count). The predicted molar refractivity (Wildman–Crippen MR) is 125 cm³/mol. The molecule has 3 aromatic carbocycles. The van der Waals surface area contributed by atoms with Crippen LogP contribution >= 0.6 is 11.8 Å². The Morgan fingerprint density at radius 3 is 2.52 bits per heavy atom. The van der Waals surface area contributed by atoms with Gasteiger partial charge in [-0.1, -0.05) is 42.5 Å². The van der Waals surface area contributed by atoms with Gasteiger partial charge < -0.3 is 19.4 Å². The van der Waals surface area contributed by atoms with E-state index in [-0.39, 0.29) is 22.0 Å². The Morgan fingerprint density at radius 1 is 1.00 bits per heavy atom. The predicted octanol–water partition coefficient (Wildman–Crippen LogP) is 5.75. The average Bonchev–Trinajstić information content (AvgIpc) is 2.81. The minimum atomic E-state index is -1.06. The highest BCUT2D eigenvalue weighted by Crippen LogP contribution is 2.36. The van der Waals surface area contributed by atoms with Crippen LogP contribution in [0.3, 0.4) is 0 Å². The van der Waals surface area contributed by atoms with E-state index in [1.54, 1.807) is 30.3 Å². The summed E-state index contributed by atoms with van der Waals surface area (Å²) in [5.74, 6) is -0.580. The van der Waals surface area contributed by atoms with Gasteiger partial charge in [-0.25, -0.2) is 9.59 Å². The summed E-state index contributed by atoms with van der Waals surface area (Å²) in [5.41, 5.74) is 2.19. The van der Waals surface area contributed by atoms with E-state index in [0.29, 0.717) is 22.8 Å². The minimum absolute atomic E-state index is 0.00850. The van der Waals surface area contributed by atoms with Crippen LogP contribution in [0.2, 0.25) is 0 Å². The Labute approximate surface area is 194 Å².